The summed E-state index contributed by atoms with van der Waals surface area (Å²) in [5, 5.41) is 3.60. The molecule has 1 amide bonds. The Morgan fingerprint density at radius 2 is 1.66 bits per heavy atom. The minimum absolute atomic E-state index is 0.131. The minimum Gasteiger partial charge on any atom is -0.497 e. The van der Waals surface area contributed by atoms with Gasteiger partial charge in [-0.3, -0.25) is 9.59 Å². The Labute approximate surface area is 180 Å². The number of carbonyl (C=O) groups is 2. The van der Waals surface area contributed by atoms with Crippen molar-refractivity contribution in [2.45, 2.75) is 25.8 Å². The van der Waals surface area contributed by atoms with Crippen molar-refractivity contribution in [3.8, 4) is 11.5 Å². The number of nitrogens with one attached hydrogen (secondary N) is 1. The monoisotopic (exact) mass is 439 g/mol. The third kappa shape index (κ3) is 7.15. The van der Waals surface area contributed by atoms with Crippen LogP contribution in [0, 0.1) is 0 Å². The average molecular weight is 440 g/mol. The van der Waals surface area contributed by atoms with E-state index in [2.05, 4.69) is 5.32 Å². The number of halogens is 2. The lowest BCUT2D eigenvalue weighted by molar-refractivity contribution is -0.148. The number of benzene rings is 2. The number of amides is 1. The maximum Gasteiger partial charge on any atom is 0.306 e. The van der Waals surface area contributed by atoms with Crippen LogP contribution < -0.4 is 14.8 Å². The summed E-state index contributed by atoms with van der Waals surface area (Å²) in [7, 11) is 3.12. The Morgan fingerprint density at radius 3 is 2.24 bits per heavy atom. The van der Waals surface area contributed by atoms with E-state index in [9.17, 15) is 9.59 Å². The predicted molar refractivity (Wildman–Crippen MR) is 112 cm³/mol. The molecule has 6 nitrogen and oxygen atoms in total. The van der Waals surface area contributed by atoms with E-state index in [-0.39, 0.29) is 19.1 Å². The first-order chi connectivity index (χ1) is 13.8. The van der Waals surface area contributed by atoms with Gasteiger partial charge in [0, 0.05) is 12.5 Å². The molecule has 8 heteroatoms. The van der Waals surface area contributed by atoms with Crippen LogP contribution in [0.25, 0.3) is 0 Å². The number of esters is 1. The molecule has 0 aliphatic heterocycles. The van der Waals surface area contributed by atoms with Crippen LogP contribution >= 0.6 is 23.2 Å². The van der Waals surface area contributed by atoms with Crippen molar-refractivity contribution < 1.29 is 23.8 Å². The zero-order chi connectivity index (χ0) is 21.4. The van der Waals surface area contributed by atoms with Crippen molar-refractivity contribution in [1.29, 1.82) is 0 Å². The zero-order valence-electron chi connectivity index (χ0n) is 16.5. The number of aryl methyl sites for hydroxylation is 1. The van der Waals surface area contributed by atoms with Gasteiger partial charge in [-0.2, -0.15) is 0 Å². The van der Waals surface area contributed by atoms with Gasteiger partial charge in [0.2, 0.25) is 0 Å². The maximum absolute atomic E-state index is 12.0. The molecule has 2 aromatic carbocycles. The molecule has 0 spiro atoms. The highest BCUT2D eigenvalue weighted by Crippen LogP contribution is 2.25. The second-order valence-corrected chi connectivity index (χ2v) is 7.16. The number of hydrogen-bond donors (Lipinski definition) is 1. The van der Waals surface area contributed by atoms with Crippen LogP contribution in [0.3, 0.4) is 0 Å². The van der Waals surface area contributed by atoms with E-state index in [4.69, 9.17) is 37.4 Å². The van der Waals surface area contributed by atoms with Crippen LogP contribution in [0.5, 0.6) is 11.5 Å². The topological polar surface area (TPSA) is 73.9 Å². The largest absolute Gasteiger partial charge is 0.497 e. The third-order valence-electron chi connectivity index (χ3n) is 4.21. The van der Waals surface area contributed by atoms with Crippen molar-refractivity contribution in [2.24, 2.45) is 0 Å². The Hall–Kier alpha value is -2.44. The Kier molecular flexibility index (Phi) is 8.61. The number of rotatable bonds is 9. The number of ether oxygens (including phenoxy) is 3. The molecule has 2 rings (SSSR count). The van der Waals surface area contributed by atoms with Crippen LogP contribution in [0.15, 0.2) is 36.4 Å². The molecule has 0 fully saturated rings. The van der Waals surface area contributed by atoms with Gasteiger partial charge in [-0.05, 0) is 48.7 Å². The molecule has 1 atom stereocenters. The van der Waals surface area contributed by atoms with E-state index in [0.29, 0.717) is 28.0 Å². The number of methoxy groups -OCH3 is 2. The molecule has 0 saturated carbocycles. The highest BCUT2D eigenvalue weighted by atomic mass is 35.5. The first-order valence-electron chi connectivity index (χ1n) is 8.94. The lowest BCUT2D eigenvalue weighted by Gasteiger charge is -2.15. The molecule has 2 aromatic rings. The molecule has 1 N–H and O–H groups in total. The number of carbonyl (C=O) groups excluding carboxylic acids is 2. The molecule has 0 aromatic heterocycles. The smallest absolute Gasteiger partial charge is 0.306 e. The summed E-state index contributed by atoms with van der Waals surface area (Å²) in [6, 6.07) is 10.2. The fourth-order valence-corrected chi connectivity index (χ4v) is 2.93. The fraction of sp³-hybridized carbons (Fsp3) is 0.333. The van der Waals surface area contributed by atoms with E-state index >= 15 is 0 Å². The van der Waals surface area contributed by atoms with Crippen LogP contribution in [-0.4, -0.2) is 32.7 Å². The minimum atomic E-state index is -0.468. The van der Waals surface area contributed by atoms with Crippen LogP contribution in [0.4, 0.5) is 0 Å². The quantitative estimate of drug-likeness (QED) is 0.587. The molecule has 0 heterocycles. The van der Waals surface area contributed by atoms with Gasteiger partial charge >= 0.3 is 5.97 Å². The van der Waals surface area contributed by atoms with Gasteiger partial charge in [0.25, 0.3) is 5.91 Å². The summed E-state index contributed by atoms with van der Waals surface area (Å²) in [4.78, 5) is 24.0. The highest BCUT2D eigenvalue weighted by Gasteiger charge is 2.13. The van der Waals surface area contributed by atoms with Gasteiger partial charge < -0.3 is 19.5 Å². The second-order valence-electron chi connectivity index (χ2n) is 6.34. The van der Waals surface area contributed by atoms with E-state index in [1.165, 1.54) is 0 Å². The maximum atomic E-state index is 12.0. The zero-order valence-corrected chi connectivity index (χ0v) is 18.0. The van der Waals surface area contributed by atoms with Crippen molar-refractivity contribution in [2.75, 3.05) is 20.8 Å². The van der Waals surface area contributed by atoms with Crippen molar-refractivity contribution in [3.63, 3.8) is 0 Å². The van der Waals surface area contributed by atoms with Gasteiger partial charge in [-0.25, -0.2) is 0 Å². The normalized spacial score (nSPS) is 11.5. The summed E-state index contributed by atoms with van der Waals surface area (Å²) in [5.41, 5.74) is 1.67. The van der Waals surface area contributed by atoms with Gasteiger partial charge in [0.05, 0.1) is 30.3 Å². The second kappa shape index (κ2) is 10.9. The lowest BCUT2D eigenvalue weighted by Crippen LogP contribution is -2.31. The van der Waals surface area contributed by atoms with Gasteiger partial charge in [0.1, 0.15) is 11.5 Å². The van der Waals surface area contributed by atoms with Gasteiger partial charge in [-0.15, -0.1) is 0 Å². The molecule has 0 radical (unpaired) electrons. The Bertz CT molecular complexity index is 850. The predicted octanol–water partition coefficient (Wildman–Crippen LogP) is 4.36. The molecular formula is C21H23Cl2NO5. The summed E-state index contributed by atoms with van der Waals surface area (Å²) >= 11 is 11.9. The van der Waals surface area contributed by atoms with E-state index in [1.807, 2.05) is 12.1 Å². The SMILES string of the molecule is COc1cc(CCC(=O)OCC(=O)NC(C)c2ccc(Cl)c(Cl)c2)cc(OC)c1. The van der Waals surface area contributed by atoms with Crippen molar-refractivity contribution in [3.05, 3.63) is 57.6 Å². The average Bonchev–Trinajstić information content (AvgIpc) is 2.72. The Balaban J connectivity index is 1.79. The van der Waals surface area contributed by atoms with Crippen molar-refractivity contribution in [1.82, 2.24) is 5.32 Å². The highest BCUT2D eigenvalue weighted by molar-refractivity contribution is 6.42. The summed E-state index contributed by atoms with van der Waals surface area (Å²) < 4.78 is 15.5. The van der Waals surface area contributed by atoms with Crippen LogP contribution in [0.1, 0.15) is 30.5 Å². The Morgan fingerprint density at radius 1 is 1.00 bits per heavy atom. The molecule has 1 unspecified atom stereocenters. The lowest BCUT2D eigenvalue weighted by atomic mass is 10.1. The van der Waals surface area contributed by atoms with Crippen LogP contribution in [-0.2, 0) is 20.7 Å². The molecule has 0 bridgehead atoms. The first kappa shape index (κ1) is 22.8. The summed E-state index contributed by atoms with van der Waals surface area (Å²) in [5.74, 6) is 0.413. The van der Waals surface area contributed by atoms with Crippen LogP contribution in [0.2, 0.25) is 10.0 Å². The van der Waals surface area contributed by atoms with Gasteiger partial charge in [0.15, 0.2) is 6.61 Å². The molecule has 0 saturated heterocycles. The summed E-state index contributed by atoms with van der Waals surface area (Å²) in [6.45, 7) is 1.45. The third-order valence-corrected chi connectivity index (χ3v) is 4.95. The molecule has 156 valence electrons. The molecule has 0 aliphatic carbocycles. The molecular weight excluding hydrogens is 417 g/mol. The number of hydrogen-bond acceptors (Lipinski definition) is 5. The molecule has 29 heavy (non-hydrogen) atoms. The summed E-state index contributed by atoms with van der Waals surface area (Å²) in [6.07, 6.45) is 0.569. The first-order valence-corrected chi connectivity index (χ1v) is 9.70. The van der Waals surface area contributed by atoms with Gasteiger partial charge in [-0.1, -0.05) is 29.3 Å². The van der Waals surface area contributed by atoms with Crippen molar-refractivity contribution >= 4 is 35.1 Å². The van der Waals surface area contributed by atoms with E-state index < -0.39 is 11.9 Å². The van der Waals surface area contributed by atoms with E-state index in [1.54, 1.807) is 45.4 Å². The molecule has 0 aliphatic rings. The van der Waals surface area contributed by atoms with E-state index in [0.717, 1.165) is 11.1 Å². The fourth-order valence-electron chi connectivity index (χ4n) is 2.62. The standard InChI is InChI=1S/C21H23Cl2NO5/c1-13(15-5-6-18(22)19(23)10-15)24-20(25)12-29-21(26)7-4-14-8-16(27-2)11-17(9-14)28-3/h5-6,8-11,13H,4,7,12H2,1-3H3,(H,24,25).